The van der Waals surface area contributed by atoms with Gasteiger partial charge in [-0.1, -0.05) is 12.1 Å². The highest BCUT2D eigenvalue weighted by molar-refractivity contribution is 5.18. The minimum atomic E-state index is -0.167. The molecule has 19 heavy (non-hydrogen) atoms. The van der Waals surface area contributed by atoms with Gasteiger partial charge in [-0.2, -0.15) is 0 Å². The fraction of sp³-hybridized carbons (Fsp3) is 0.600. The van der Waals surface area contributed by atoms with Gasteiger partial charge in [0.2, 0.25) is 0 Å². The van der Waals surface area contributed by atoms with Crippen LogP contribution < -0.4 is 5.32 Å². The van der Waals surface area contributed by atoms with Crippen molar-refractivity contribution < 1.29 is 4.39 Å². The molecule has 1 fully saturated rings. The summed E-state index contributed by atoms with van der Waals surface area (Å²) in [6.45, 7) is 3.30. The minimum absolute atomic E-state index is 0.167. The summed E-state index contributed by atoms with van der Waals surface area (Å²) >= 11 is 0. The Morgan fingerprint density at radius 1 is 1.26 bits per heavy atom. The Bertz CT molecular complexity index is 393. The van der Waals surface area contributed by atoms with E-state index in [0.717, 1.165) is 26.1 Å². The molecule has 1 aliphatic rings. The van der Waals surface area contributed by atoms with E-state index in [1.165, 1.54) is 5.56 Å². The molecule has 4 heteroatoms. The molecular weight excluding hydrogens is 241 g/mol. The third-order valence-electron chi connectivity index (χ3n) is 4.10. The fourth-order valence-electron chi connectivity index (χ4n) is 2.78. The van der Waals surface area contributed by atoms with Crippen LogP contribution in [0.2, 0.25) is 0 Å². The summed E-state index contributed by atoms with van der Waals surface area (Å²) in [5, 5.41) is 3.42. The standard InChI is InChI=1S/C15H24FN3/c1-17-14(10-12-4-6-13(16)7-5-12)15-11-18(2)8-9-19(15)3/h4-7,14-15,17H,8-11H2,1-3H3. The van der Waals surface area contributed by atoms with Crippen LogP contribution in [0, 0.1) is 5.82 Å². The zero-order valence-electron chi connectivity index (χ0n) is 12.1. The zero-order valence-corrected chi connectivity index (χ0v) is 12.1. The van der Waals surface area contributed by atoms with Crippen molar-refractivity contribution in [2.24, 2.45) is 0 Å². The largest absolute Gasteiger partial charge is 0.315 e. The quantitative estimate of drug-likeness (QED) is 0.882. The molecule has 0 amide bonds. The first kappa shape index (κ1) is 14.4. The molecule has 0 aliphatic carbocycles. The van der Waals surface area contributed by atoms with E-state index < -0.39 is 0 Å². The lowest BCUT2D eigenvalue weighted by Gasteiger charge is -2.42. The molecular formula is C15H24FN3. The summed E-state index contributed by atoms with van der Waals surface area (Å²) in [7, 11) is 6.37. The van der Waals surface area contributed by atoms with Gasteiger partial charge in [-0.25, -0.2) is 4.39 Å². The summed E-state index contributed by atoms with van der Waals surface area (Å²) in [5.41, 5.74) is 1.18. The highest BCUT2D eigenvalue weighted by atomic mass is 19.1. The Kier molecular flexibility index (Phi) is 4.91. The number of halogens is 1. The van der Waals surface area contributed by atoms with E-state index in [2.05, 4.69) is 29.2 Å². The Hall–Kier alpha value is -0.970. The smallest absolute Gasteiger partial charge is 0.123 e. The van der Waals surface area contributed by atoms with Gasteiger partial charge in [-0.15, -0.1) is 0 Å². The molecule has 0 saturated carbocycles. The van der Waals surface area contributed by atoms with Gasteiger partial charge >= 0.3 is 0 Å². The molecule has 2 rings (SSSR count). The Balaban J connectivity index is 2.04. The zero-order chi connectivity index (χ0) is 13.8. The first-order valence-corrected chi connectivity index (χ1v) is 6.90. The average Bonchev–Trinajstić information content (AvgIpc) is 2.41. The van der Waals surface area contributed by atoms with Crippen molar-refractivity contribution in [3.63, 3.8) is 0 Å². The molecule has 1 aromatic rings. The van der Waals surface area contributed by atoms with Crippen LogP contribution in [0.4, 0.5) is 4.39 Å². The first-order valence-electron chi connectivity index (χ1n) is 6.90. The van der Waals surface area contributed by atoms with Gasteiger partial charge in [0.05, 0.1) is 0 Å². The van der Waals surface area contributed by atoms with Crippen LogP contribution in [0.25, 0.3) is 0 Å². The van der Waals surface area contributed by atoms with E-state index in [4.69, 9.17) is 0 Å². The van der Waals surface area contributed by atoms with Crippen molar-refractivity contribution in [3.8, 4) is 0 Å². The molecule has 106 valence electrons. The van der Waals surface area contributed by atoms with Crippen molar-refractivity contribution in [1.82, 2.24) is 15.1 Å². The van der Waals surface area contributed by atoms with Crippen LogP contribution in [0.1, 0.15) is 5.56 Å². The maximum atomic E-state index is 12.9. The van der Waals surface area contributed by atoms with Gasteiger partial charge in [-0.05, 0) is 45.3 Å². The molecule has 0 aromatic heterocycles. The van der Waals surface area contributed by atoms with Gasteiger partial charge in [0.25, 0.3) is 0 Å². The van der Waals surface area contributed by atoms with Crippen LogP contribution in [0.3, 0.4) is 0 Å². The molecule has 1 saturated heterocycles. The predicted octanol–water partition coefficient (Wildman–Crippen LogP) is 1.20. The maximum Gasteiger partial charge on any atom is 0.123 e. The molecule has 1 N–H and O–H groups in total. The fourth-order valence-corrected chi connectivity index (χ4v) is 2.78. The molecule has 1 aliphatic heterocycles. The highest BCUT2D eigenvalue weighted by Gasteiger charge is 2.28. The number of hydrogen-bond acceptors (Lipinski definition) is 3. The third-order valence-corrected chi connectivity index (χ3v) is 4.10. The average molecular weight is 265 g/mol. The lowest BCUT2D eigenvalue weighted by atomic mass is 9.97. The van der Waals surface area contributed by atoms with Gasteiger partial charge in [0.15, 0.2) is 0 Å². The van der Waals surface area contributed by atoms with E-state index in [-0.39, 0.29) is 5.82 Å². The summed E-state index contributed by atoms with van der Waals surface area (Å²) in [6.07, 6.45) is 0.930. The van der Waals surface area contributed by atoms with Gasteiger partial charge in [-0.3, -0.25) is 4.90 Å². The van der Waals surface area contributed by atoms with Gasteiger partial charge < -0.3 is 10.2 Å². The number of nitrogens with zero attached hydrogens (tertiary/aromatic N) is 2. The minimum Gasteiger partial charge on any atom is -0.315 e. The molecule has 3 nitrogen and oxygen atoms in total. The molecule has 2 unspecified atom stereocenters. The van der Waals surface area contributed by atoms with Crippen LogP contribution in [-0.4, -0.2) is 62.7 Å². The highest BCUT2D eigenvalue weighted by Crippen LogP contribution is 2.14. The summed E-state index contributed by atoms with van der Waals surface area (Å²) < 4.78 is 12.9. The van der Waals surface area contributed by atoms with Gasteiger partial charge in [0.1, 0.15) is 5.82 Å². The maximum absolute atomic E-state index is 12.9. The second-order valence-corrected chi connectivity index (χ2v) is 5.54. The number of rotatable bonds is 4. The van der Waals surface area contributed by atoms with E-state index >= 15 is 0 Å². The molecule has 2 atom stereocenters. The van der Waals surface area contributed by atoms with Gasteiger partial charge in [0, 0.05) is 31.7 Å². The van der Waals surface area contributed by atoms with E-state index in [1.54, 1.807) is 12.1 Å². The second-order valence-electron chi connectivity index (χ2n) is 5.54. The van der Waals surface area contributed by atoms with Crippen LogP contribution in [0.5, 0.6) is 0 Å². The number of nitrogens with one attached hydrogen (secondary N) is 1. The molecule has 1 heterocycles. The molecule has 0 radical (unpaired) electrons. The van der Waals surface area contributed by atoms with Crippen LogP contribution in [-0.2, 0) is 6.42 Å². The number of hydrogen-bond donors (Lipinski definition) is 1. The molecule has 0 spiro atoms. The van der Waals surface area contributed by atoms with Crippen molar-refractivity contribution in [1.29, 1.82) is 0 Å². The van der Waals surface area contributed by atoms with Crippen molar-refractivity contribution in [2.45, 2.75) is 18.5 Å². The number of piperazine rings is 1. The lowest BCUT2D eigenvalue weighted by molar-refractivity contribution is 0.0897. The van der Waals surface area contributed by atoms with E-state index in [1.807, 2.05) is 19.2 Å². The number of likely N-dealkylation sites (N-methyl/N-ethyl adjacent to an activating group) is 3. The van der Waals surface area contributed by atoms with Crippen molar-refractivity contribution in [3.05, 3.63) is 35.6 Å². The summed E-state index contributed by atoms with van der Waals surface area (Å²) in [5.74, 6) is -0.167. The van der Waals surface area contributed by atoms with Crippen LogP contribution >= 0.6 is 0 Å². The topological polar surface area (TPSA) is 18.5 Å². The predicted molar refractivity (Wildman–Crippen MR) is 76.9 cm³/mol. The Morgan fingerprint density at radius 2 is 1.95 bits per heavy atom. The Labute approximate surface area is 115 Å². The second kappa shape index (κ2) is 6.46. The molecule has 1 aromatic carbocycles. The monoisotopic (exact) mass is 265 g/mol. The summed E-state index contributed by atoms with van der Waals surface area (Å²) in [4.78, 5) is 4.80. The Morgan fingerprint density at radius 3 is 2.58 bits per heavy atom. The SMILES string of the molecule is CNC(Cc1ccc(F)cc1)C1CN(C)CCN1C. The molecule has 0 bridgehead atoms. The van der Waals surface area contributed by atoms with E-state index in [0.29, 0.717) is 12.1 Å². The van der Waals surface area contributed by atoms with Crippen LogP contribution in [0.15, 0.2) is 24.3 Å². The first-order chi connectivity index (χ1) is 9.10. The third kappa shape index (κ3) is 3.75. The van der Waals surface area contributed by atoms with Crippen molar-refractivity contribution in [2.75, 3.05) is 40.8 Å². The van der Waals surface area contributed by atoms with E-state index in [9.17, 15) is 4.39 Å². The van der Waals surface area contributed by atoms with Crippen molar-refractivity contribution >= 4 is 0 Å². The number of benzene rings is 1. The lowest BCUT2D eigenvalue weighted by Crippen LogP contribution is -2.58. The summed E-state index contributed by atoms with van der Waals surface area (Å²) in [6, 6.07) is 7.72. The normalized spacial score (nSPS) is 23.5.